The van der Waals surface area contributed by atoms with Gasteiger partial charge in [-0.15, -0.1) is 0 Å². The lowest BCUT2D eigenvalue weighted by Crippen LogP contribution is -2.24. The highest BCUT2D eigenvalue weighted by Crippen LogP contribution is 2.34. The molecular weight excluding hydrogens is 651 g/mol. The van der Waals surface area contributed by atoms with Gasteiger partial charge in [0.15, 0.2) is 0 Å². The highest BCUT2D eigenvalue weighted by Gasteiger charge is 2.30. The second kappa shape index (κ2) is 14.9. The normalized spacial score (nSPS) is 13.7. The van der Waals surface area contributed by atoms with Gasteiger partial charge in [0.05, 0.1) is 42.1 Å². The lowest BCUT2D eigenvalue weighted by Gasteiger charge is -2.18. The molecule has 9 nitrogen and oxygen atoms in total. The first-order valence-electron chi connectivity index (χ1n) is 16.0. The molecule has 0 bridgehead atoms. The molecule has 0 aliphatic heterocycles. The molecule has 260 valence electrons. The average Bonchev–Trinajstić information content (AvgIpc) is 3.49. The third kappa shape index (κ3) is 8.19. The number of halogens is 3. The first kappa shape index (κ1) is 35.8. The topological polar surface area (TPSA) is 115 Å². The smallest absolute Gasteiger partial charge is 0.416 e. The quantitative estimate of drug-likeness (QED) is 0.178. The molecule has 0 saturated carbocycles. The minimum atomic E-state index is -4.50. The predicted octanol–water partition coefficient (Wildman–Crippen LogP) is 7.02. The summed E-state index contributed by atoms with van der Waals surface area (Å²) in [7, 11) is 3.11. The predicted molar refractivity (Wildman–Crippen MR) is 180 cm³/mol. The molecule has 12 heteroatoms. The Labute approximate surface area is 287 Å². The number of pyridine rings is 1. The number of hydrogen-bond donors (Lipinski definition) is 1. The number of rotatable bonds is 10. The maximum absolute atomic E-state index is 13.6. The Kier molecular flexibility index (Phi) is 10.7. The zero-order valence-electron chi connectivity index (χ0n) is 28.0. The SMILES string of the molecule is CCOC(=O)c1ccc2c(n1)C(COC(=O)Cc1ccc(NC(=O)c3ccc(C)cc3-c3ccc(C(F)(F)F)cc3)c(C(=O)N(C)C)c1)CC2. The number of nitrogens with one attached hydrogen (secondary N) is 1. The fourth-order valence-corrected chi connectivity index (χ4v) is 5.78. The van der Waals surface area contributed by atoms with E-state index in [4.69, 9.17) is 9.47 Å². The van der Waals surface area contributed by atoms with Crippen molar-refractivity contribution in [1.29, 1.82) is 0 Å². The summed E-state index contributed by atoms with van der Waals surface area (Å²) in [4.78, 5) is 57.8. The van der Waals surface area contributed by atoms with Crippen LogP contribution >= 0.6 is 0 Å². The Bertz CT molecular complexity index is 1940. The van der Waals surface area contributed by atoms with Gasteiger partial charge in [-0.2, -0.15) is 13.2 Å². The van der Waals surface area contributed by atoms with Crippen LogP contribution in [0.15, 0.2) is 72.8 Å². The minimum Gasteiger partial charge on any atom is -0.465 e. The number of aryl methyl sites for hydroxylation is 2. The van der Waals surface area contributed by atoms with E-state index in [1.165, 1.54) is 29.2 Å². The summed E-state index contributed by atoms with van der Waals surface area (Å²) < 4.78 is 50.1. The largest absolute Gasteiger partial charge is 0.465 e. The van der Waals surface area contributed by atoms with Crippen molar-refractivity contribution >= 4 is 29.4 Å². The molecular formula is C38H36F3N3O6. The van der Waals surface area contributed by atoms with Crippen molar-refractivity contribution < 1.29 is 41.8 Å². The monoisotopic (exact) mass is 687 g/mol. The maximum atomic E-state index is 13.6. The van der Waals surface area contributed by atoms with Gasteiger partial charge in [0, 0.05) is 25.6 Å². The molecule has 1 aliphatic carbocycles. The Balaban J connectivity index is 1.31. The molecule has 3 aromatic carbocycles. The van der Waals surface area contributed by atoms with Gasteiger partial charge >= 0.3 is 18.1 Å². The molecule has 2 amide bonds. The van der Waals surface area contributed by atoms with E-state index in [0.717, 1.165) is 29.7 Å². The Hall–Kier alpha value is -5.52. The van der Waals surface area contributed by atoms with Gasteiger partial charge in [0.1, 0.15) is 5.69 Å². The Morgan fingerprint density at radius 2 is 1.66 bits per heavy atom. The number of nitrogens with zero attached hydrogens (tertiary/aromatic N) is 2. The summed E-state index contributed by atoms with van der Waals surface area (Å²) in [6.07, 6.45) is -3.20. The average molecular weight is 688 g/mol. The third-order valence-corrected chi connectivity index (χ3v) is 8.35. The van der Waals surface area contributed by atoms with Gasteiger partial charge in [-0.05, 0) is 85.3 Å². The number of ether oxygens (including phenoxy) is 2. The van der Waals surface area contributed by atoms with Crippen LogP contribution in [-0.2, 0) is 33.3 Å². The molecule has 5 rings (SSSR count). The summed E-state index contributed by atoms with van der Waals surface area (Å²) >= 11 is 0. The Morgan fingerprint density at radius 3 is 2.34 bits per heavy atom. The van der Waals surface area contributed by atoms with E-state index < -0.39 is 35.5 Å². The van der Waals surface area contributed by atoms with Crippen molar-refractivity contribution in [3.63, 3.8) is 0 Å². The molecule has 0 spiro atoms. The summed E-state index contributed by atoms with van der Waals surface area (Å²) in [5, 5.41) is 2.78. The molecule has 0 fully saturated rings. The van der Waals surface area contributed by atoms with Crippen molar-refractivity contribution in [1.82, 2.24) is 9.88 Å². The van der Waals surface area contributed by atoms with E-state index in [0.29, 0.717) is 28.8 Å². The summed E-state index contributed by atoms with van der Waals surface area (Å²) in [6.45, 7) is 3.82. The summed E-state index contributed by atoms with van der Waals surface area (Å²) in [5.74, 6) is -2.22. The zero-order chi connectivity index (χ0) is 36.2. The van der Waals surface area contributed by atoms with Crippen LogP contribution in [0, 0.1) is 6.92 Å². The number of aromatic nitrogens is 1. The van der Waals surface area contributed by atoms with Crippen LogP contribution < -0.4 is 5.32 Å². The first-order chi connectivity index (χ1) is 23.7. The van der Waals surface area contributed by atoms with E-state index in [9.17, 15) is 32.3 Å². The van der Waals surface area contributed by atoms with E-state index in [-0.39, 0.29) is 48.1 Å². The van der Waals surface area contributed by atoms with E-state index >= 15 is 0 Å². The van der Waals surface area contributed by atoms with Crippen LogP contribution in [0.5, 0.6) is 0 Å². The van der Waals surface area contributed by atoms with Crippen molar-refractivity contribution in [2.75, 3.05) is 32.6 Å². The van der Waals surface area contributed by atoms with Crippen LogP contribution in [0.1, 0.15) is 78.4 Å². The third-order valence-electron chi connectivity index (χ3n) is 8.35. The summed E-state index contributed by atoms with van der Waals surface area (Å²) in [5.41, 5.74) is 3.73. The highest BCUT2D eigenvalue weighted by molar-refractivity contribution is 6.12. The number of amides is 2. The minimum absolute atomic E-state index is 0.0700. The van der Waals surface area contributed by atoms with Gasteiger partial charge in [0.2, 0.25) is 0 Å². The van der Waals surface area contributed by atoms with Crippen molar-refractivity contribution in [2.24, 2.45) is 0 Å². The fraction of sp³-hybridized carbons (Fsp3) is 0.289. The van der Waals surface area contributed by atoms with E-state index in [1.54, 1.807) is 58.3 Å². The highest BCUT2D eigenvalue weighted by atomic mass is 19.4. The first-order valence-corrected chi connectivity index (χ1v) is 16.0. The number of alkyl halides is 3. The number of carbonyl (C=O) groups excluding carboxylic acids is 4. The Morgan fingerprint density at radius 1 is 0.920 bits per heavy atom. The standard InChI is InChI=1S/C38H36F3N3O6/c1-5-49-37(48)32-17-12-25-8-9-26(34(25)42-32)21-50-33(45)20-23-7-16-31(30(19-23)36(47)44(3)4)43-35(46)28-15-6-22(2)18-29(28)24-10-13-27(14-11-24)38(39,40)41/h6-7,10-19,26H,5,8-9,20-21H2,1-4H3,(H,43,46). The van der Waals surface area contributed by atoms with Crippen LogP contribution in [0.4, 0.5) is 18.9 Å². The van der Waals surface area contributed by atoms with Crippen molar-refractivity contribution in [3.05, 3.63) is 118 Å². The van der Waals surface area contributed by atoms with Crippen molar-refractivity contribution in [3.8, 4) is 11.1 Å². The lowest BCUT2D eigenvalue weighted by molar-refractivity contribution is -0.143. The number of anilines is 1. The van der Waals surface area contributed by atoms with E-state index in [2.05, 4.69) is 10.3 Å². The summed E-state index contributed by atoms with van der Waals surface area (Å²) in [6, 6.07) is 17.7. The number of benzene rings is 3. The molecule has 1 aromatic heterocycles. The van der Waals surface area contributed by atoms with Crippen LogP contribution in [0.3, 0.4) is 0 Å². The van der Waals surface area contributed by atoms with Gasteiger partial charge in [-0.1, -0.05) is 42.0 Å². The molecule has 1 N–H and O–H groups in total. The fourth-order valence-electron chi connectivity index (χ4n) is 5.78. The number of hydrogen-bond acceptors (Lipinski definition) is 7. The molecule has 4 aromatic rings. The van der Waals surface area contributed by atoms with E-state index in [1.807, 2.05) is 6.07 Å². The molecule has 0 saturated heterocycles. The molecule has 50 heavy (non-hydrogen) atoms. The van der Waals surface area contributed by atoms with Crippen LogP contribution in [0.25, 0.3) is 11.1 Å². The van der Waals surface area contributed by atoms with Crippen LogP contribution in [-0.4, -0.2) is 60.9 Å². The number of fused-ring (bicyclic) bond motifs is 1. The van der Waals surface area contributed by atoms with Crippen LogP contribution in [0.2, 0.25) is 0 Å². The second-order valence-electron chi connectivity index (χ2n) is 12.2. The lowest BCUT2D eigenvalue weighted by atomic mass is 9.96. The molecule has 1 unspecified atom stereocenters. The maximum Gasteiger partial charge on any atom is 0.416 e. The van der Waals surface area contributed by atoms with Gasteiger partial charge in [-0.3, -0.25) is 14.4 Å². The molecule has 1 aliphatic rings. The molecule has 0 radical (unpaired) electrons. The van der Waals surface area contributed by atoms with Gasteiger partial charge in [-0.25, -0.2) is 9.78 Å². The van der Waals surface area contributed by atoms with Crippen molar-refractivity contribution in [2.45, 2.75) is 45.2 Å². The molecule has 1 atom stereocenters. The number of esters is 2. The van der Waals surface area contributed by atoms with Gasteiger partial charge < -0.3 is 19.7 Å². The van der Waals surface area contributed by atoms with Gasteiger partial charge in [0.25, 0.3) is 11.8 Å². The molecule has 1 heterocycles. The number of carbonyl (C=O) groups is 4. The zero-order valence-corrected chi connectivity index (χ0v) is 28.0. The second-order valence-corrected chi connectivity index (χ2v) is 12.2.